The smallest absolute Gasteiger partial charge is 0.308 e. The van der Waals surface area contributed by atoms with Gasteiger partial charge < -0.3 is 4.74 Å². The number of benzene rings is 2. The molecule has 0 aliphatic carbocycles. The van der Waals surface area contributed by atoms with Gasteiger partial charge in [0.05, 0.1) is 17.9 Å². The zero-order valence-corrected chi connectivity index (χ0v) is 14.5. The molecule has 0 saturated heterocycles. The van der Waals surface area contributed by atoms with Gasteiger partial charge in [0, 0.05) is 5.56 Å². The molecule has 1 aliphatic rings. The largest absolute Gasteiger partial charge is 0.458 e. The lowest BCUT2D eigenvalue weighted by atomic mass is 10.1. The van der Waals surface area contributed by atoms with Crippen molar-refractivity contribution in [3.05, 3.63) is 65.7 Å². The van der Waals surface area contributed by atoms with E-state index in [0.717, 1.165) is 5.56 Å². The fourth-order valence-electron chi connectivity index (χ4n) is 2.56. The third kappa shape index (κ3) is 3.88. The van der Waals surface area contributed by atoms with Gasteiger partial charge in [-0.2, -0.15) is 0 Å². The lowest BCUT2D eigenvalue weighted by Crippen LogP contribution is -2.22. The molecular weight excluding hydrogens is 340 g/mol. The van der Waals surface area contributed by atoms with Gasteiger partial charge in [-0.1, -0.05) is 42.5 Å². The van der Waals surface area contributed by atoms with Crippen LogP contribution in [-0.2, 0) is 19.6 Å². The quantitative estimate of drug-likeness (QED) is 0.832. The molecule has 7 heteroatoms. The van der Waals surface area contributed by atoms with Gasteiger partial charge in [0.1, 0.15) is 11.9 Å². The standard InChI is InChI=1S/C18H18N2O4S/c1-13(14-7-3-2-4-8-14)24-17(21)11-12-19-18-15-9-5-6-10-16(15)25(22,23)20-18/h2-10,13H,11-12H2,1H3,(H,19,20)/t13-/m1/s1. The topological polar surface area (TPSA) is 84.8 Å². The zero-order chi connectivity index (χ0) is 17.9. The number of hydrogen-bond donors (Lipinski definition) is 1. The molecule has 130 valence electrons. The van der Waals surface area contributed by atoms with E-state index in [2.05, 4.69) is 9.71 Å². The molecule has 25 heavy (non-hydrogen) atoms. The number of hydrogen-bond acceptors (Lipinski definition) is 5. The molecule has 1 atom stereocenters. The van der Waals surface area contributed by atoms with Crippen LogP contribution in [0.4, 0.5) is 0 Å². The number of fused-ring (bicyclic) bond motifs is 1. The number of nitrogens with zero attached hydrogens (tertiary/aromatic N) is 1. The fraction of sp³-hybridized carbons (Fsp3) is 0.222. The second-order valence-electron chi connectivity index (χ2n) is 5.62. The molecule has 1 N–H and O–H groups in total. The highest BCUT2D eigenvalue weighted by Gasteiger charge is 2.29. The van der Waals surface area contributed by atoms with E-state index >= 15 is 0 Å². The lowest BCUT2D eigenvalue weighted by Gasteiger charge is -2.13. The van der Waals surface area contributed by atoms with E-state index in [1.807, 2.05) is 30.3 Å². The highest BCUT2D eigenvalue weighted by Crippen LogP contribution is 2.22. The van der Waals surface area contributed by atoms with Gasteiger partial charge in [0.2, 0.25) is 0 Å². The van der Waals surface area contributed by atoms with Crippen LogP contribution in [0.3, 0.4) is 0 Å². The average Bonchev–Trinajstić information content (AvgIpc) is 2.87. The molecule has 2 aromatic rings. The van der Waals surface area contributed by atoms with Crippen molar-refractivity contribution in [2.45, 2.75) is 24.3 Å². The van der Waals surface area contributed by atoms with Crippen molar-refractivity contribution in [1.82, 2.24) is 4.72 Å². The van der Waals surface area contributed by atoms with E-state index in [1.165, 1.54) is 6.07 Å². The molecule has 6 nitrogen and oxygen atoms in total. The fourth-order valence-corrected chi connectivity index (χ4v) is 3.81. The third-order valence-corrected chi connectivity index (χ3v) is 5.22. The van der Waals surface area contributed by atoms with Gasteiger partial charge in [-0.3, -0.25) is 14.5 Å². The summed E-state index contributed by atoms with van der Waals surface area (Å²) in [5, 5.41) is 0. The number of sulfonamides is 1. The maximum absolute atomic E-state index is 12.0. The molecule has 0 amide bonds. The van der Waals surface area contributed by atoms with Crippen molar-refractivity contribution in [3.63, 3.8) is 0 Å². The van der Waals surface area contributed by atoms with E-state index in [0.29, 0.717) is 5.56 Å². The van der Waals surface area contributed by atoms with E-state index in [-0.39, 0.29) is 35.8 Å². The second kappa shape index (κ2) is 7.06. The average molecular weight is 358 g/mol. The molecule has 1 aliphatic heterocycles. The molecule has 0 fully saturated rings. The Labute approximate surface area is 146 Å². The van der Waals surface area contributed by atoms with Gasteiger partial charge in [0.25, 0.3) is 10.0 Å². The number of carbonyl (C=O) groups excluding carboxylic acids is 1. The summed E-state index contributed by atoms with van der Waals surface area (Å²) in [7, 11) is -3.56. The molecule has 2 aromatic carbocycles. The van der Waals surface area contributed by atoms with Crippen LogP contribution in [-0.4, -0.2) is 26.8 Å². The minimum absolute atomic E-state index is 0.0740. The maximum atomic E-state index is 12.0. The SMILES string of the molecule is C[C@@H](OC(=O)CCN=C1NS(=O)(=O)c2ccccc21)c1ccccc1. The van der Waals surface area contributed by atoms with Crippen LogP contribution >= 0.6 is 0 Å². The first-order valence-electron chi connectivity index (χ1n) is 7.88. The Morgan fingerprint density at radius 3 is 2.56 bits per heavy atom. The van der Waals surface area contributed by atoms with Crippen LogP contribution in [0.5, 0.6) is 0 Å². The second-order valence-corrected chi connectivity index (χ2v) is 7.28. The van der Waals surface area contributed by atoms with Gasteiger partial charge >= 0.3 is 5.97 Å². The highest BCUT2D eigenvalue weighted by atomic mass is 32.2. The Hall–Kier alpha value is -2.67. The number of rotatable bonds is 5. The third-order valence-electron chi connectivity index (χ3n) is 3.83. The number of esters is 1. The van der Waals surface area contributed by atoms with Crippen molar-refractivity contribution < 1.29 is 17.9 Å². The Morgan fingerprint density at radius 2 is 1.80 bits per heavy atom. The predicted molar refractivity (Wildman–Crippen MR) is 93.7 cm³/mol. The summed E-state index contributed by atoms with van der Waals surface area (Å²) in [5.41, 5.74) is 1.44. The summed E-state index contributed by atoms with van der Waals surface area (Å²) in [6.07, 6.45) is -0.267. The lowest BCUT2D eigenvalue weighted by molar-refractivity contribution is -0.148. The van der Waals surface area contributed by atoms with Crippen LogP contribution in [0, 0.1) is 0 Å². The molecule has 1 heterocycles. The van der Waals surface area contributed by atoms with Crippen molar-refractivity contribution in [1.29, 1.82) is 0 Å². The van der Waals surface area contributed by atoms with Crippen LogP contribution in [0.25, 0.3) is 0 Å². The summed E-state index contributed by atoms with van der Waals surface area (Å²) in [6.45, 7) is 1.95. The van der Waals surface area contributed by atoms with Gasteiger partial charge in [-0.05, 0) is 24.6 Å². The first kappa shape index (κ1) is 17.2. The first-order valence-corrected chi connectivity index (χ1v) is 9.37. The maximum Gasteiger partial charge on any atom is 0.308 e. The number of aliphatic imine (C=N–C) groups is 1. The summed E-state index contributed by atoms with van der Waals surface area (Å²) in [6, 6.07) is 16.1. The van der Waals surface area contributed by atoms with Crippen LogP contribution in [0.1, 0.15) is 30.6 Å². The molecular formula is C18H18N2O4S. The van der Waals surface area contributed by atoms with Crippen molar-refractivity contribution in [2.24, 2.45) is 4.99 Å². The Kier molecular flexibility index (Phi) is 4.85. The van der Waals surface area contributed by atoms with Gasteiger partial charge in [-0.15, -0.1) is 0 Å². The van der Waals surface area contributed by atoms with Crippen LogP contribution in [0.2, 0.25) is 0 Å². The van der Waals surface area contributed by atoms with Crippen molar-refractivity contribution in [2.75, 3.05) is 6.54 Å². The number of amidine groups is 1. The highest BCUT2D eigenvalue weighted by molar-refractivity contribution is 7.90. The monoisotopic (exact) mass is 358 g/mol. The van der Waals surface area contributed by atoms with Gasteiger partial charge in [-0.25, -0.2) is 8.42 Å². The molecule has 0 saturated carbocycles. The zero-order valence-electron chi connectivity index (χ0n) is 13.7. The van der Waals surface area contributed by atoms with Crippen molar-refractivity contribution in [3.8, 4) is 0 Å². The van der Waals surface area contributed by atoms with Crippen LogP contribution < -0.4 is 4.72 Å². The summed E-state index contributed by atoms with van der Waals surface area (Å²) in [4.78, 5) is 16.4. The first-order chi connectivity index (χ1) is 12.0. The summed E-state index contributed by atoms with van der Waals surface area (Å²) in [5.74, 6) is -0.116. The summed E-state index contributed by atoms with van der Waals surface area (Å²) < 4.78 is 31.7. The normalized spacial score (nSPS) is 17.6. The molecule has 0 bridgehead atoms. The Bertz CT molecular complexity index is 908. The van der Waals surface area contributed by atoms with Gasteiger partial charge in [0.15, 0.2) is 0 Å². The number of ether oxygens (including phenoxy) is 1. The minimum Gasteiger partial charge on any atom is -0.458 e. The molecule has 3 rings (SSSR count). The molecule has 0 aromatic heterocycles. The summed E-state index contributed by atoms with van der Waals surface area (Å²) >= 11 is 0. The minimum atomic E-state index is -3.56. The van der Waals surface area contributed by atoms with E-state index in [9.17, 15) is 13.2 Å². The van der Waals surface area contributed by atoms with E-state index < -0.39 is 10.0 Å². The Morgan fingerprint density at radius 1 is 1.12 bits per heavy atom. The number of nitrogens with one attached hydrogen (secondary N) is 1. The molecule has 0 spiro atoms. The number of carbonyl (C=O) groups is 1. The van der Waals surface area contributed by atoms with Crippen LogP contribution in [0.15, 0.2) is 64.5 Å². The predicted octanol–water partition coefficient (Wildman–Crippen LogP) is 2.42. The van der Waals surface area contributed by atoms with E-state index in [1.54, 1.807) is 25.1 Å². The molecule has 0 radical (unpaired) electrons. The van der Waals surface area contributed by atoms with Crippen molar-refractivity contribution >= 4 is 21.8 Å². The Balaban J connectivity index is 1.60. The molecule has 0 unspecified atom stereocenters. The van der Waals surface area contributed by atoms with E-state index in [4.69, 9.17) is 4.74 Å².